The Morgan fingerprint density at radius 3 is 2.67 bits per heavy atom. The second-order valence-corrected chi connectivity index (χ2v) is 8.39. The van der Waals surface area contributed by atoms with Crippen molar-refractivity contribution in [3.63, 3.8) is 0 Å². The quantitative estimate of drug-likeness (QED) is 0.344. The van der Waals surface area contributed by atoms with Gasteiger partial charge in [0.25, 0.3) is 5.89 Å². The molecule has 0 aliphatic carbocycles. The lowest BCUT2D eigenvalue weighted by Crippen LogP contribution is -2.14. The van der Waals surface area contributed by atoms with Gasteiger partial charge in [0, 0.05) is 24.5 Å². The second kappa shape index (κ2) is 12.2. The number of allylic oxidation sites excluding steroid dienone is 3. The van der Waals surface area contributed by atoms with Crippen LogP contribution in [-0.2, 0) is 6.42 Å². The van der Waals surface area contributed by atoms with Crippen LogP contribution in [0.3, 0.4) is 0 Å². The lowest BCUT2D eigenvalue weighted by Gasteiger charge is -2.19. The molecule has 2 heterocycles. The van der Waals surface area contributed by atoms with Crippen LogP contribution in [0.25, 0.3) is 5.57 Å². The Balaban J connectivity index is 0.00000176. The van der Waals surface area contributed by atoms with Gasteiger partial charge >= 0.3 is 0 Å². The van der Waals surface area contributed by atoms with E-state index in [1.807, 2.05) is 43.3 Å². The molecule has 0 N–H and O–H groups in total. The number of aromatic nitrogens is 2. The minimum absolute atomic E-state index is 0.338. The maximum absolute atomic E-state index is 9.50. The molecular formula is C26H22Cl2FN5O2. The van der Waals surface area contributed by atoms with Crippen molar-refractivity contribution >= 4 is 35.0 Å². The second-order valence-electron chi connectivity index (χ2n) is 7.54. The summed E-state index contributed by atoms with van der Waals surface area (Å²) in [7, 11) is 2.39. The summed E-state index contributed by atoms with van der Waals surface area (Å²) in [5, 5.41) is 18.4. The molecule has 1 aliphatic heterocycles. The molecule has 0 spiro atoms. The van der Waals surface area contributed by atoms with E-state index in [0.29, 0.717) is 63.9 Å². The predicted molar refractivity (Wildman–Crippen MR) is 139 cm³/mol. The standard InChI is InChI=1S/C25H19Cl2N5O2.CH3F/c1-15(2)23(24-29-7-4-8-32(24)3)25-31-30-22(34-25)12-16-5-6-20(27)21(11-16)33-19-10-17(14-28)9-18(26)13-19;1-2/h4-11,13H,1,12H2,2-3H3;1H3/b24-23+;. The summed E-state index contributed by atoms with van der Waals surface area (Å²) in [6, 6.07) is 12.2. The maximum Gasteiger partial charge on any atom is 0.251 e. The number of halogens is 3. The SMILES string of the molecule is C=C(C)/C(=C1/N=CC=CN1C)c1nnc(Cc2ccc(Cl)c(Oc3cc(Cl)cc(C#N)c3)c2)o1.CF. The number of benzene rings is 2. The van der Waals surface area contributed by atoms with Crippen LogP contribution in [0.4, 0.5) is 4.39 Å². The predicted octanol–water partition coefficient (Wildman–Crippen LogP) is 6.99. The first-order chi connectivity index (χ1) is 17.3. The third-order valence-electron chi connectivity index (χ3n) is 4.84. The van der Waals surface area contributed by atoms with Crippen LogP contribution in [0.1, 0.15) is 29.8 Å². The first-order valence-corrected chi connectivity index (χ1v) is 11.3. The summed E-state index contributed by atoms with van der Waals surface area (Å²) >= 11 is 12.4. The lowest BCUT2D eigenvalue weighted by molar-refractivity contribution is 0.479. The van der Waals surface area contributed by atoms with E-state index < -0.39 is 0 Å². The van der Waals surface area contributed by atoms with E-state index in [9.17, 15) is 4.39 Å². The van der Waals surface area contributed by atoms with Gasteiger partial charge in [0.2, 0.25) is 5.89 Å². The van der Waals surface area contributed by atoms with Gasteiger partial charge in [-0.25, -0.2) is 4.99 Å². The van der Waals surface area contributed by atoms with Gasteiger partial charge in [-0.15, -0.1) is 10.2 Å². The molecule has 184 valence electrons. The van der Waals surface area contributed by atoms with Gasteiger partial charge in [-0.1, -0.05) is 35.8 Å². The molecule has 36 heavy (non-hydrogen) atoms. The van der Waals surface area contributed by atoms with E-state index in [1.54, 1.807) is 36.5 Å². The summed E-state index contributed by atoms with van der Waals surface area (Å²) in [5.41, 5.74) is 2.66. The van der Waals surface area contributed by atoms with Crippen molar-refractivity contribution in [2.75, 3.05) is 14.2 Å². The smallest absolute Gasteiger partial charge is 0.251 e. The Kier molecular flexibility index (Phi) is 9.01. The number of aliphatic imine (C=N–C) groups is 1. The molecule has 4 rings (SSSR count). The fraction of sp³-hybridized carbons (Fsp3) is 0.154. The molecule has 7 nitrogen and oxygen atoms in total. The maximum atomic E-state index is 9.50. The van der Waals surface area contributed by atoms with E-state index in [4.69, 9.17) is 37.6 Å². The summed E-state index contributed by atoms with van der Waals surface area (Å²) in [4.78, 5) is 6.29. The van der Waals surface area contributed by atoms with Crippen LogP contribution < -0.4 is 4.74 Å². The zero-order valence-corrected chi connectivity index (χ0v) is 21.3. The molecule has 0 saturated carbocycles. The van der Waals surface area contributed by atoms with Gasteiger partial charge in [0.05, 0.1) is 35.8 Å². The fourth-order valence-electron chi connectivity index (χ4n) is 3.30. The third-order valence-corrected chi connectivity index (χ3v) is 5.37. The number of ether oxygens (including phenoxy) is 1. The van der Waals surface area contributed by atoms with E-state index in [2.05, 4.69) is 21.8 Å². The molecule has 0 atom stereocenters. The number of hydrogen-bond donors (Lipinski definition) is 0. The molecule has 0 unspecified atom stereocenters. The molecule has 0 radical (unpaired) electrons. The van der Waals surface area contributed by atoms with Gasteiger partial charge in [0.15, 0.2) is 0 Å². The number of rotatable bonds is 6. The topological polar surface area (TPSA) is 87.5 Å². The Morgan fingerprint density at radius 1 is 1.19 bits per heavy atom. The summed E-state index contributed by atoms with van der Waals surface area (Å²) in [6.07, 6.45) is 5.78. The van der Waals surface area contributed by atoms with Gasteiger partial charge in [-0.05, 0) is 54.5 Å². The highest BCUT2D eigenvalue weighted by Crippen LogP contribution is 2.33. The molecule has 1 aliphatic rings. The van der Waals surface area contributed by atoms with Gasteiger partial charge in [-0.2, -0.15) is 5.26 Å². The Morgan fingerprint density at radius 2 is 1.97 bits per heavy atom. The fourth-order valence-corrected chi connectivity index (χ4v) is 3.68. The number of nitrogens with zero attached hydrogens (tertiary/aromatic N) is 5. The highest BCUT2D eigenvalue weighted by atomic mass is 35.5. The molecule has 1 aromatic heterocycles. The largest absolute Gasteiger partial charge is 0.456 e. The van der Waals surface area contributed by atoms with Crippen LogP contribution in [0.5, 0.6) is 11.5 Å². The van der Waals surface area contributed by atoms with Crippen molar-refractivity contribution in [2.45, 2.75) is 13.3 Å². The van der Waals surface area contributed by atoms with Crippen LogP contribution in [-0.4, -0.2) is 35.5 Å². The van der Waals surface area contributed by atoms with Crippen LogP contribution in [0.2, 0.25) is 10.0 Å². The Hall–Kier alpha value is -3.93. The average molecular weight is 526 g/mol. The van der Waals surface area contributed by atoms with E-state index >= 15 is 0 Å². The average Bonchev–Trinajstić information content (AvgIpc) is 3.31. The molecular weight excluding hydrogens is 504 g/mol. The van der Waals surface area contributed by atoms with Gasteiger partial charge in [-0.3, -0.25) is 4.39 Å². The first-order valence-electron chi connectivity index (χ1n) is 10.6. The Labute approximate surface area is 218 Å². The number of hydrogen-bond acceptors (Lipinski definition) is 7. The highest BCUT2D eigenvalue weighted by molar-refractivity contribution is 6.32. The summed E-state index contributed by atoms with van der Waals surface area (Å²) in [5.74, 6) is 2.25. The van der Waals surface area contributed by atoms with Crippen LogP contribution in [0.15, 0.2) is 76.1 Å². The normalized spacial score (nSPS) is 13.5. The van der Waals surface area contributed by atoms with Crippen molar-refractivity contribution in [2.24, 2.45) is 4.99 Å². The zero-order valence-electron chi connectivity index (χ0n) is 19.8. The molecule has 0 saturated heterocycles. The molecule has 10 heteroatoms. The minimum Gasteiger partial charge on any atom is -0.456 e. The van der Waals surface area contributed by atoms with E-state index in [-0.39, 0.29) is 0 Å². The Bertz CT molecular complexity index is 1410. The van der Waals surface area contributed by atoms with Crippen molar-refractivity contribution < 1.29 is 13.5 Å². The van der Waals surface area contributed by atoms with Crippen LogP contribution in [0, 0.1) is 11.3 Å². The number of alkyl halides is 1. The molecule has 0 amide bonds. The van der Waals surface area contributed by atoms with Crippen molar-refractivity contribution in [3.05, 3.63) is 99.6 Å². The first kappa shape index (κ1) is 26.7. The minimum atomic E-state index is 0.338. The third kappa shape index (κ3) is 6.39. The van der Waals surface area contributed by atoms with Crippen molar-refractivity contribution in [1.29, 1.82) is 5.26 Å². The number of nitriles is 1. The van der Waals surface area contributed by atoms with Crippen molar-refractivity contribution in [1.82, 2.24) is 15.1 Å². The van der Waals surface area contributed by atoms with Crippen LogP contribution >= 0.6 is 23.2 Å². The lowest BCUT2D eigenvalue weighted by atomic mass is 10.1. The molecule has 0 bridgehead atoms. The van der Waals surface area contributed by atoms with E-state index in [0.717, 1.165) is 11.1 Å². The summed E-state index contributed by atoms with van der Waals surface area (Å²) in [6.45, 7) is 5.91. The zero-order chi connectivity index (χ0) is 26.2. The van der Waals surface area contributed by atoms with Gasteiger partial charge in [0.1, 0.15) is 17.3 Å². The molecule has 2 aromatic carbocycles. The highest BCUT2D eigenvalue weighted by Gasteiger charge is 2.20. The van der Waals surface area contributed by atoms with Crippen molar-refractivity contribution in [3.8, 4) is 17.6 Å². The molecule has 3 aromatic rings. The summed E-state index contributed by atoms with van der Waals surface area (Å²) < 4.78 is 21.3. The van der Waals surface area contributed by atoms with E-state index in [1.165, 1.54) is 0 Å². The molecule has 0 fully saturated rings. The van der Waals surface area contributed by atoms with Gasteiger partial charge < -0.3 is 14.1 Å². The monoisotopic (exact) mass is 525 g/mol.